The first-order valence-electron chi connectivity index (χ1n) is 10.9. The molecular formula is C24H27ClN2O3S. The number of nitrogens with one attached hydrogen (secondary N) is 1. The molecule has 1 heterocycles. The number of hydrogen-bond donors (Lipinski definition) is 1. The van der Waals surface area contributed by atoms with Crippen molar-refractivity contribution in [2.45, 2.75) is 62.5 Å². The molecule has 2 unspecified atom stereocenters. The Kier molecular flexibility index (Phi) is 5.21. The lowest BCUT2D eigenvalue weighted by Gasteiger charge is -2.60. The van der Waals surface area contributed by atoms with Gasteiger partial charge >= 0.3 is 5.97 Å². The second kappa shape index (κ2) is 7.66. The monoisotopic (exact) mass is 458 g/mol. The Balaban J connectivity index is 1.35. The summed E-state index contributed by atoms with van der Waals surface area (Å²) < 4.78 is 5.86. The van der Waals surface area contributed by atoms with Crippen molar-refractivity contribution in [2.75, 3.05) is 6.26 Å². The molecule has 0 radical (unpaired) electrons. The van der Waals surface area contributed by atoms with E-state index < -0.39 is 5.41 Å². The number of carbonyl (C=O) groups excluding carboxylic acids is 2. The lowest BCUT2D eigenvalue weighted by molar-refractivity contribution is -0.177. The van der Waals surface area contributed by atoms with Crippen molar-refractivity contribution in [3.05, 3.63) is 35.0 Å². The smallest absolute Gasteiger partial charge is 0.312 e. The van der Waals surface area contributed by atoms with Crippen molar-refractivity contribution >= 4 is 46.1 Å². The van der Waals surface area contributed by atoms with Crippen LogP contribution in [0.5, 0.6) is 0 Å². The third-order valence-corrected chi connectivity index (χ3v) is 8.40. The SMILES string of the molecule is CSc1ccc2cc(COC(=O)C34CC5CC(CC(NC(C)=O)(C5)C3)C4)c(Cl)nc2c1. The molecule has 5 nitrogen and oxygen atoms in total. The summed E-state index contributed by atoms with van der Waals surface area (Å²) in [6.45, 7) is 1.69. The van der Waals surface area contributed by atoms with Gasteiger partial charge in [-0.1, -0.05) is 17.7 Å². The highest BCUT2D eigenvalue weighted by Gasteiger charge is 2.61. The number of thioether (sulfide) groups is 1. The molecule has 164 valence electrons. The summed E-state index contributed by atoms with van der Waals surface area (Å²) in [5, 5.41) is 4.55. The first-order chi connectivity index (χ1) is 14.8. The largest absolute Gasteiger partial charge is 0.460 e. The van der Waals surface area contributed by atoms with Crippen LogP contribution in [0.2, 0.25) is 5.15 Å². The van der Waals surface area contributed by atoms with E-state index in [1.165, 1.54) is 0 Å². The minimum absolute atomic E-state index is 0.0101. The van der Waals surface area contributed by atoms with Crippen molar-refractivity contribution in [3.8, 4) is 0 Å². The van der Waals surface area contributed by atoms with Gasteiger partial charge in [0, 0.05) is 28.3 Å². The van der Waals surface area contributed by atoms with Crippen LogP contribution in [0.15, 0.2) is 29.2 Å². The number of carbonyl (C=O) groups is 2. The molecule has 0 aliphatic heterocycles. The summed E-state index contributed by atoms with van der Waals surface area (Å²) >= 11 is 8.08. The second-order valence-electron chi connectivity index (χ2n) is 9.78. The Labute approximate surface area is 191 Å². The van der Waals surface area contributed by atoms with Gasteiger partial charge in [0.25, 0.3) is 0 Å². The number of rotatable bonds is 5. The van der Waals surface area contributed by atoms with Crippen LogP contribution in [-0.4, -0.2) is 28.7 Å². The van der Waals surface area contributed by atoms with Gasteiger partial charge in [0.15, 0.2) is 0 Å². The molecule has 1 N–H and O–H groups in total. The summed E-state index contributed by atoms with van der Waals surface area (Å²) in [7, 11) is 0. The molecule has 4 bridgehead atoms. The Morgan fingerprint density at radius 2 is 1.97 bits per heavy atom. The maximum Gasteiger partial charge on any atom is 0.312 e. The fourth-order valence-electron chi connectivity index (χ4n) is 6.71. The summed E-state index contributed by atoms with van der Waals surface area (Å²) in [6.07, 6.45) is 7.57. The quantitative estimate of drug-likeness (QED) is 0.382. The van der Waals surface area contributed by atoms with E-state index in [2.05, 4.69) is 16.4 Å². The number of ether oxygens (including phenoxy) is 1. The van der Waals surface area contributed by atoms with E-state index >= 15 is 0 Å². The van der Waals surface area contributed by atoms with Crippen LogP contribution in [-0.2, 0) is 20.9 Å². The third-order valence-electron chi connectivity index (χ3n) is 7.34. The Morgan fingerprint density at radius 3 is 2.65 bits per heavy atom. The van der Waals surface area contributed by atoms with Crippen molar-refractivity contribution in [1.29, 1.82) is 0 Å². The number of hydrogen-bond acceptors (Lipinski definition) is 5. The standard InChI is InChI=1S/C24H27ClN2O3S/c1-14(28)27-24-10-15-5-16(11-24)9-23(8-15,13-24)22(29)30-12-18-6-17-3-4-19(31-2)7-20(17)26-21(18)25/h3-4,6-7,15-16H,5,8-13H2,1-2H3,(H,27,28). The molecule has 2 aromatic rings. The number of halogens is 1. The Morgan fingerprint density at radius 1 is 1.23 bits per heavy atom. The average molecular weight is 459 g/mol. The minimum Gasteiger partial charge on any atom is -0.460 e. The topological polar surface area (TPSA) is 68.3 Å². The van der Waals surface area contributed by atoms with Gasteiger partial charge in [-0.15, -0.1) is 11.8 Å². The normalized spacial score (nSPS) is 31.1. The van der Waals surface area contributed by atoms with E-state index in [0.717, 1.165) is 53.5 Å². The number of pyridine rings is 1. The van der Waals surface area contributed by atoms with Gasteiger partial charge in [-0.25, -0.2) is 4.98 Å². The number of esters is 1. The van der Waals surface area contributed by atoms with Crippen LogP contribution in [0, 0.1) is 17.3 Å². The molecule has 4 fully saturated rings. The van der Waals surface area contributed by atoms with E-state index in [1.54, 1.807) is 18.7 Å². The first kappa shape index (κ1) is 21.1. The van der Waals surface area contributed by atoms with E-state index in [-0.39, 0.29) is 24.0 Å². The fraction of sp³-hybridized carbons (Fsp3) is 0.542. The van der Waals surface area contributed by atoms with Gasteiger partial charge in [-0.05, 0) is 74.8 Å². The van der Waals surface area contributed by atoms with E-state index in [1.807, 2.05) is 24.5 Å². The first-order valence-corrected chi connectivity index (χ1v) is 12.5. The highest BCUT2D eigenvalue weighted by molar-refractivity contribution is 7.98. The van der Waals surface area contributed by atoms with Crippen LogP contribution in [0.3, 0.4) is 0 Å². The fourth-order valence-corrected chi connectivity index (χ4v) is 7.35. The number of fused-ring (bicyclic) bond motifs is 1. The lowest BCUT2D eigenvalue weighted by Crippen LogP contribution is -2.64. The van der Waals surface area contributed by atoms with Gasteiger partial charge in [0.1, 0.15) is 11.8 Å². The van der Waals surface area contributed by atoms with Crippen LogP contribution in [0.1, 0.15) is 51.0 Å². The maximum absolute atomic E-state index is 13.4. The summed E-state index contributed by atoms with van der Waals surface area (Å²) in [5.41, 5.74) is 0.828. The maximum atomic E-state index is 13.4. The van der Waals surface area contributed by atoms with Gasteiger partial charge in [0.05, 0.1) is 10.9 Å². The third kappa shape index (κ3) is 3.82. The molecule has 2 atom stereocenters. The molecule has 31 heavy (non-hydrogen) atoms. The second-order valence-corrected chi connectivity index (χ2v) is 11.0. The minimum atomic E-state index is -0.490. The summed E-state index contributed by atoms with van der Waals surface area (Å²) in [6, 6.07) is 8.04. The number of aromatic nitrogens is 1. The number of amides is 1. The Hall–Kier alpha value is -1.79. The zero-order valence-corrected chi connectivity index (χ0v) is 19.4. The summed E-state index contributed by atoms with van der Waals surface area (Å²) in [4.78, 5) is 30.8. The highest BCUT2D eigenvalue weighted by Crippen LogP contribution is 2.62. The molecule has 4 aliphatic rings. The van der Waals surface area contributed by atoms with Gasteiger partial charge in [-0.2, -0.15) is 0 Å². The van der Waals surface area contributed by atoms with Crippen LogP contribution in [0.25, 0.3) is 10.9 Å². The van der Waals surface area contributed by atoms with Crippen molar-refractivity contribution in [3.63, 3.8) is 0 Å². The van der Waals surface area contributed by atoms with E-state index in [9.17, 15) is 9.59 Å². The van der Waals surface area contributed by atoms with E-state index in [0.29, 0.717) is 23.4 Å². The zero-order chi connectivity index (χ0) is 21.8. The Bertz CT molecular complexity index is 1060. The molecule has 1 amide bonds. The molecule has 6 rings (SSSR count). The molecule has 4 aliphatic carbocycles. The van der Waals surface area contributed by atoms with Crippen LogP contribution >= 0.6 is 23.4 Å². The van der Waals surface area contributed by atoms with Gasteiger partial charge < -0.3 is 10.1 Å². The van der Waals surface area contributed by atoms with Crippen molar-refractivity contribution in [2.24, 2.45) is 17.3 Å². The molecule has 4 saturated carbocycles. The summed E-state index contributed by atoms with van der Waals surface area (Å²) in [5.74, 6) is 0.809. The lowest BCUT2D eigenvalue weighted by atomic mass is 9.47. The van der Waals surface area contributed by atoms with Crippen LogP contribution < -0.4 is 5.32 Å². The van der Waals surface area contributed by atoms with Crippen molar-refractivity contribution in [1.82, 2.24) is 10.3 Å². The van der Waals surface area contributed by atoms with E-state index in [4.69, 9.17) is 16.3 Å². The predicted octanol–water partition coefficient (Wildman–Crippen LogP) is 5.13. The van der Waals surface area contributed by atoms with Crippen molar-refractivity contribution < 1.29 is 14.3 Å². The molecule has 1 aromatic carbocycles. The van der Waals surface area contributed by atoms with Gasteiger partial charge in [-0.3, -0.25) is 9.59 Å². The predicted molar refractivity (Wildman–Crippen MR) is 122 cm³/mol. The van der Waals surface area contributed by atoms with Crippen LogP contribution in [0.4, 0.5) is 0 Å². The molecule has 0 saturated heterocycles. The molecule has 1 aromatic heterocycles. The molecule has 7 heteroatoms. The zero-order valence-electron chi connectivity index (χ0n) is 17.9. The number of benzene rings is 1. The number of nitrogens with zero attached hydrogens (tertiary/aromatic N) is 1. The molecular weight excluding hydrogens is 432 g/mol. The highest BCUT2D eigenvalue weighted by atomic mass is 35.5. The van der Waals surface area contributed by atoms with Gasteiger partial charge in [0.2, 0.25) is 5.91 Å². The average Bonchev–Trinajstić information content (AvgIpc) is 2.69. The molecule has 0 spiro atoms.